The lowest BCUT2D eigenvalue weighted by Crippen LogP contribution is -2.52. The van der Waals surface area contributed by atoms with Gasteiger partial charge in [-0.15, -0.1) is 0 Å². The molecule has 1 fully saturated rings. The zero-order valence-electron chi connectivity index (χ0n) is 17.4. The first-order chi connectivity index (χ1) is 14.5. The molecule has 0 saturated carbocycles. The second-order valence-corrected chi connectivity index (χ2v) is 7.56. The van der Waals surface area contributed by atoms with Crippen molar-refractivity contribution in [1.82, 2.24) is 20.5 Å². The average Bonchev–Trinajstić information content (AvgIpc) is 3.18. The maximum atomic E-state index is 13.0. The number of rotatable bonds is 8. The van der Waals surface area contributed by atoms with Gasteiger partial charge in [-0.3, -0.25) is 14.5 Å². The quantitative estimate of drug-likeness (QED) is 0.600. The molecule has 0 aliphatic carbocycles. The molecule has 2 atom stereocenters. The molecule has 0 radical (unpaired) electrons. The van der Waals surface area contributed by atoms with Gasteiger partial charge in [-0.05, 0) is 55.8 Å². The minimum Gasteiger partial charge on any atom is -0.497 e. The molecule has 4 N–H and O–H groups in total. The molecule has 2 heterocycles. The van der Waals surface area contributed by atoms with Gasteiger partial charge < -0.3 is 21.1 Å². The van der Waals surface area contributed by atoms with E-state index < -0.39 is 6.04 Å². The Morgan fingerprint density at radius 3 is 2.80 bits per heavy atom. The maximum absolute atomic E-state index is 13.0. The first-order valence-corrected chi connectivity index (χ1v) is 10.1. The first-order valence-electron chi connectivity index (χ1n) is 10.1. The van der Waals surface area contributed by atoms with Crippen LogP contribution in [0.5, 0.6) is 5.75 Å². The van der Waals surface area contributed by atoms with Crippen LogP contribution in [0.3, 0.4) is 0 Å². The summed E-state index contributed by atoms with van der Waals surface area (Å²) in [6.07, 6.45) is 3.77. The number of anilines is 1. The van der Waals surface area contributed by atoms with Gasteiger partial charge >= 0.3 is 0 Å². The van der Waals surface area contributed by atoms with Crippen molar-refractivity contribution in [2.45, 2.75) is 37.9 Å². The number of nitrogens with two attached hydrogens (primary N) is 1. The number of nitrogen functional groups attached to an aromatic ring is 1. The van der Waals surface area contributed by atoms with Crippen LogP contribution in [0.1, 0.15) is 24.0 Å². The number of likely N-dealkylation sites (tertiary alicyclic amines) is 1. The Labute approximate surface area is 176 Å². The van der Waals surface area contributed by atoms with Gasteiger partial charge in [-0.1, -0.05) is 18.2 Å². The van der Waals surface area contributed by atoms with E-state index in [1.165, 1.54) is 0 Å². The number of aromatic nitrogens is 1. The van der Waals surface area contributed by atoms with Crippen LogP contribution in [-0.2, 0) is 22.6 Å². The molecular formula is C22H29N5O3. The van der Waals surface area contributed by atoms with Crippen LogP contribution in [0, 0.1) is 0 Å². The molecule has 1 aliphatic heterocycles. The highest BCUT2D eigenvalue weighted by molar-refractivity contribution is 5.90. The smallest absolute Gasteiger partial charge is 0.243 e. The van der Waals surface area contributed by atoms with Crippen molar-refractivity contribution >= 4 is 17.6 Å². The molecule has 2 aromatic rings. The summed E-state index contributed by atoms with van der Waals surface area (Å²) in [5.74, 6) is 0.770. The molecule has 160 valence electrons. The van der Waals surface area contributed by atoms with E-state index in [0.29, 0.717) is 24.5 Å². The Hall–Kier alpha value is -3.13. The van der Waals surface area contributed by atoms with Crippen LogP contribution in [0.2, 0.25) is 0 Å². The molecule has 3 rings (SSSR count). The van der Waals surface area contributed by atoms with Crippen LogP contribution < -0.4 is 21.1 Å². The second-order valence-electron chi connectivity index (χ2n) is 7.56. The highest BCUT2D eigenvalue weighted by Crippen LogP contribution is 2.17. The number of methoxy groups -OCH3 is 1. The van der Waals surface area contributed by atoms with Crippen LogP contribution in [0.25, 0.3) is 0 Å². The third kappa shape index (κ3) is 5.70. The molecule has 1 aromatic heterocycles. The highest BCUT2D eigenvalue weighted by atomic mass is 16.5. The number of carbonyl (C=O) groups is 2. The van der Waals surface area contributed by atoms with E-state index in [-0.39, 0.29) is 17.9 Å². The van der Waals surface area contributed by atoms with Crippen LogP contribution in [-0.4, -0.2) is 54.5 Å². The van der Waals surface area contributed by atoms with Crippen molar-refractivity contribution < 1.29 is 14.3 Å². The SMILES string of the molecule is COc1cccc(C[C@H](NC(=O)C2CCCN2C)C(=O)NCc2ccc(N)nc2)c1. The number of benzene rings is 1. The molecule has 0 spiro atoms. The average molecular weight is 412 g/mol. The van der Waals surface area contributed by atoms with Crippen molar-refractivity contribution in [1.29, 1.82) is 0 Å². The standard InChI is InChI=1S/C22H29N5O3/c1-27-10-4-7-19(27)22(29)26-18(12-15-5-3-6-17(11-15)30-2)21(28)25-14-16-8-9-20(23)24-13-16/h3,5-6,8-9,11,13,18-19H,4,7,10,12,14H2,1-2H3,(H2,23,24)(H,25,28)(H,26,29)/t18-,19?/m0/s1. The van der Waals surface area contributed by atoms with Crippen LogP contribution in [0.15, 0.2) is 42.6 Å². The first kappa shape index (κ1) is 21.6. The molecule has 1 saturated heterocycles. The number of hydrogen-bond donors (Lipinski definition) is 3. The van der Waals surface area contributed by atoms with E-state index in [1.807, 2.05) is 42.3 Å². The fourth-order valence-electron chi connectivity index (χ4n) is 3.61. The molecule has 0 bridgehead atoms. The summed E-state index contributed by atoms with van der Waals surface area (Å²) in [6.45, 7) is 1.19. The number of pyridine rings is 1. The maximum Gasteiger partial charge on any atom is 0.243 e. The van der Waals surface area contributed by atoms with Gasteiger partial charge in [0.05, 0.1) is 13.2 Å². The van der Waals surface area contributed by atoms with E-state index in [9.17, 15) is 9.59 Å². The number of hydrogen-bond acceptors (Lipinski definition) is 6. The summed E-state index contributed by atoms with van der Waals surface area (Å²) in [5.41, 5.74) is 7.35. The van der Waals surface area contributed by atoms with Gasteiger partial charge in [0.2, 0.25) is 11.8 Å². The Morgan fingerprint density at radius 2 is 2.13 bits per heavy atom. The minimum absolute atomic E-state index is 0.118. The highest BCUT2D eigenvalue weighted by Gasteiger charge is 2.31. The molecule has 1 aromatic carbocycles. The molecule has 30 heavy (non-hydrogen) atoms. The molecule has 1 aliphatic rings. The fraction of sp³-hybridized carbons (Fsp3) is 0.409. The Balaban J connectivity index is 1.70. The largest absolute Gasteiger partial charge is 0.497 e. The summed E-state index contributed by atoms with van der Waals surface area (Å²) < 4.78 is 5.28. The van der Waals surface area contributed by atoms with Gasteiger partial charge in [-0.25, -0.2) is 4.98 Å². The summed E-state index contributed by atoms with van der Waals surface area (Å²) in [7, 11) is 3.53. The molecule has 2 amide bonds. The normalized spacial score (nSPS) is 17.3. The van der Waals surface area contributed by atoms with Gasteiger partial charge in [0, 0.05) is 19.2 Å². The van der Waals surface area contributed by atoms with Crippen molar-refractivity contribution in [2.75, 3.05) is 26.4 Å². The monoisotopic (exact) mass is 411 g/mol. The van der Waals surface area contributed by atoms with Gasteiger partial charge in [0.25, 0.3) is 0 Å². The number of carbonyl (C=O) groups excluding carboxylic acids is 2. The molecule has 8 nitrogen and oxygen atoms in total. The second kappa shape index (κ2) is 10.1. The van der Waals surface area contributed by atoms with Crippen LogP contribution in [0.4, 0.5) is 5.82 Å². The number of amides is 2. The summed E-state index contributed by atoms with van der Waals surface area (Å²) in [4.78, 5) is 31.8. The minimum atomic E-state index is -0.694. The fourth-order valence-corrected chi connectivity index (χ4v) is 3.61. The van der Waals surface area contributed by atoms with Crippen molar-refractivity contribution in [3.63, 3.8) is 0 Å². The summed E-state index contributed by atoms with van der Waals surface area (Å²) in [6, 6.07) is 10.1. The van der Waals surface area contributed by atoms with E-state index >= 15 is 0 Å². The Morgan fingerprint density at radius 1 is 1.30 bits per heavy atom. The van der Waals surface area contributed by atoms with Crippen LogP contribution >= 0.6 is 0 Å². The Bertz CT molecular complexity index is 871. The zero-order valence-corrected chi connectivity index (χ0v) is 17.4. The third-order valence-electron chi connectivity index (χ3n) is 5.34. The summed E-state index contributed by atoms with van der Waals surface area (Å²) in [5, 5.41) is 5.85. The lowest BCUT2D eigenvalue weighted by molar-refractivity contribution is -0.131. The predicted molar refractivity (Wildman–Crippen MR) is 115 cm³/mol. The molecule has 1 unspecified atom stereocenters. The lowest BCUT2D eigenvalue weighted by Gasteiger charge is -2.24. The topological polar surface area (TPSA) is 110 Å². The zero-order chi connectivity index (χ0) is 21.5. The molecular weight excluding hydrogens is 382 g/mol. The number of likely N-dealkylation sites (N-methyl/N-ethyl adjacent to an activating group) is 1. The van der Waals surface area contributed by atoms with Crippen molar-refractivity contribution in [3.8, 4) is 5.75 Å². The van der Waals surface area contributed by atoms with Gasteiger partial charge in [0.1, 0.15) is 17.6 Å². The van der Waals surface area contributed by atoms with Crippen molar-refractivity contribution in [3.05, 3.63) is 53.7 Å². The number of ether oxygens (including phenoxy) is 1. The van der Waals surface area contributed by atoms with E-state index in [4.69, 9.17) is 10.5 Å². The predicted octanol–water partition coefficient (Wildman–Crippen LogP) is 1.11. The van der Waals surface area contributed by atoms with E-state index in [1.54, 1.807) is 19.4 Å². The third-order valence-corrected chi connectivity index (χ3v) is 5.34. The summed E-state index contributed by atoms with van der Waals surface area (Å²) >= 11 is 0. The van der Waals surface area contributed by atoms with Gasteiger partial charge in [-0.2, -0.15) is 0 Å². The van der Waals surface area contributed by atoms with Gasteiger partial charge in [0.15, 0.2) is 0 Å². The molecule has 8 heteroatoms. The number of nitrogens with one attached hydrogen (secondary N) is 2. The lowest BCUT2D eigenvalue weighted by atomic mass is 10.0. The van der Waals surface area contributed by atoms with E-state index in [2.05, 4.69) is 15.6 Å². The Kier molecular flexibility index (Phi) is 7.24. The van der Waals surface area contributed by atoms with E-state index in [0.717, 1.165) is 30.5 Å². The number of nitrogens with zero attached hydrogens (tertiary/aromatic N) is 2. The van der Waals surface area contributed by atoms with Crippen molar-refractivity contribution in [2.24, 2.45) is 0 Å².